The Balaban J connectivity index is 2.21. The minimum absolute atomic E-state index is 0.0697. The first-order chi connectivity index (χ1) is 10.3. The fourth-order valence-electron chi connectivity index (χ4n) is 1.92. The van der Waals surface area contributed by atoms with Gasteiger partial charge < -0.3 is 5.11 Å². The number of thiazole rings is 1. The quantitative estimate of drug-likeness (QED) is 0.829. The molecule has 0 bridgehead atoms. The number of aromatic nitrogens is 1. The highest BCUT2D eigenvalue weighted by Gasteiger charge is 2.20. The molecule has 1 unspecified atom stereocenters. The van der Waals surface area contributed by atoms with Gasteiger partial charge in [-0.1, -0.05) is 24.6 Å². The van der Waals surface area contributed by atoms with Gasteiger partial charge in [-0.05, 0) is 37.0 Å². The van der Waals surface area contributed by atoms with E-state index in [0.717, 1.165) is 5.69 Å². The molecule has 0 fully saturated rings. The molecule has 2 aromatic rings. The third kappa shape index (κ3) is 3.98. The third-order valence-electron chi connectivity index (χ3n) is 3.15. The lowest BCUT2D eigenvalue weighted by Gasteiger charge is -2.09. The predicted octanol–water partition coefficient (Wildman–Crippen LogP) is 3.08. The monoisotopic (exact) mass is 360 g/mol. The Hall–Kier alpha value is -1.15. The summed E-state index contributed by atoms with van der Waals surface area (Å²) in [5.41, 5.74) is 1.26. The van der Waals surface area contributed by atoms with Gasteiger partial charge in [0.05, 0.1) is 10.6 Å². The van der Waals surface area contributed by atoms with Crippen LogP contribution in [0.4, 0.5) is 5.13 Å². The van der Waals surface area contributed by atoms with Crippen LogP contribution in [0.5, 0.6) is 0 Å². The van der Waals surface area contributed by atoms with Crippen LogP contribution in [0.1, 0.15) is 18.2 Å². The summed E-state index contributed by atoms with van der Waals surface area (Å²) in [4.78, 5) is 4.38. The number of hydrogen-bond donors (Lipinski definition) is 2. The van der Waals surface area contributed by atoms with E-state index in [1.54, 1.807) is 24.4 Å². The molecule has 0 amide bonds. The Morgan fingerprint density at radius 3 is 2.86 bits per heavy atom. The molecule has 1 aromatic carbocycles. The molecule has 2 N–H and O–H groups in total. The van der Waals surface area contributed by atoms with Crippen molar-refractivity contribution in [3.8, 4) is 0 Å². The first kappa shape index (κ1) is 17.2. The van der Waals surface area contributed by atoms with Crippen LogP contribution in [0.15, 0.2) is 28.5 Å². The highest BCUT2D eigenvalue weighted by Crippen LogP contribution is 2.26. The van der Waals surface area contributed by atoms with Gasteiger partial charge in [0, 0.05) is 17.0 Å². The number of nitrogens with zero attached hydrogens (tertiary/aromatic N) is 1. The van der Waals surface area contributed by atoms with Crippen LogP contribution in [0.3, 0.4) is 0 Å². The number of nitrogens with one attached hydrogen (secondary N) is 1. The van der Waals surface area contributed by atoms with Crippen LogP contribution in [-0.2, 0) is 16.4 Å². The summed E-state index contributed by atoms with van der Waals surface area (Å²) >= 11 is 7.19. The molecule has 1 aromatic heterocycles. The Morgan fingerprint density at radius 2 is 2.18 bits per heavy atom. The van der Waals surface area contributed by atoms with E-state index in [2.05, 4.69) is 9.71 Å². The van der Waals surface area contributed by atoms with E-state index in [1.165, 1.54) is 17.4 Å². The number of anilines is 1. The average molecular weight is 361 g/mol. The molecule has 2 rings (SSSR count). The van der Waals surface area contributed by atoms with Crippen molar-refractivity contribution < 1.29 is 13.5 Å². The lowest BCUT2D eigenvalue weighted by molar-refractivity contribution is 0.236. The number of hydrogen-bond acceptors (Lipinski definition) is 5. The largest absolute Gasteiger partial charge is 0.396 e. The second-order valence-corrected chi connectivity index (χ2v) is 8.02. The van der Waals surface area contributed by atoms with Crippen LogP contribution in [0, 0.1) is 12.8 Å². The van der Waals surface area contributed by atoms with Crippen molar-refractivity contribution in [2.45, 2.75) is 25.2 Å². The molecule has 0 aliphatic heterocycles. The van der Waals surface area contributed by atoms with Gasteiger partial charge in [0.25, 0.3) is 10.0 Å². The lowest BCUT2D eigenvalue weighted by Crippen LogP contribution is -2.14. The van der Waals surface area contributed by atoms with E-state index in [4.69, 9.17) is 16.7 Å². The number of benzene rings is 1. The minimum Gasteiger partial charge on any atom is -0.396 e. The van der Waals surface area contributed by atoms with Crippen molar-refractivity contribution >= 4 is 38.1 Å². The fourth-order valence-corrected chi connectivity index (χ4v) is 4.39. The zero-order valence-corrected chi connectivity index (χ0v) is 14.6. The second-order valence-electron chi connectivity index (χ2n) is 5.10. The van der Waals surface area contributed by atoms with Gasteiger partial charge in [0.1, 0.15) is 0 Å². The van der Waals surface area contributed by atoms with E-state index >= 15 is 0 Å². The third-order valence-corrected chi connectivity index (χ3v) is 5.98. The van der Waals surface area contributed by atoms with Crippen molar-refractivity contribution in [1.29, 1.82) is 0 Å². The summed E-state index contributed by atoms with van der Waals surface area (Å²) in [6, 6.07) is 4.75. The van der Waals surface area contributed by atoms with Gasteiger partial charge in [-0.15, -0.1) is 11.3 Å². The van der Waals surface area contributed by atoms with Crippen molar-refractivity contribution in [2.24, 2.45) is 5.92 Å². The van der Waals surface area contributed by atoms with Crippen LogP contribution < -0.4 is 4.72 Å². The molecule has 0 spiro atoms. The fraction of sp³-hybridized carbons (Fsp3) is 0.357. The predicted molar refractivity (Wildman–Crippen MR) is 89.1 cm³/mol. The lowest BCUT2D eigenvalue weighted by atomic mass is 10.1. The molecule has 1 heterocycles. The van der Waals surface area contributed by atoms with Gasteiger partial charge in [-0.3, -0.25) is 4.72 Å². The van der Waals surface area contributed by atoms with Gasteiger partial charge in [-0.2, -0.15) is 0 Å². The Kier molecular flexibility index (Phi) is 5.44. The number of sulfonamides is 1. The zero-order chi connectivity index (χ0) is 16.3. The molecular formula is C14H17ClN2O3S2. The van der Waals surface area contributed by atoms with E-state index in [0.29, 0.717) is 22.1 Å². The molecule has 0 radical (unpaired) electrons. The number of halogens is 1. The molecule has 1 atom stereocenters. The van der Waals surface area contributed by atoms with Crippen molar-refractivity contribution in [3.05, 3.63) is 39.9 Å². The highest BCUT2D eigenvalue weighted by atomic mass is 35.5. The van der Waals surface area contributed by atoms with Crippen LogP contribution in [0.2, 0.25) is 5.02 Å². The van der Waals surface area contributed by atoms with Crippen molar-refractivity contribution in [2.75, 3.05) is 11.3 Å². The topological polar surface area (TPSA) is 79.3 Å². The van der Waals surface area contributed by atoms with Gasteiger partial charge >= 0.3 is 0 Å². The zero-order valence-electron chi connectivity index (χ0n) is 12.2. The number of aliphatic hydroxyl groups excluding tert-OH is 1. The van der Waals surface area contributed by atoms with Crippen molar-refractivity contribution in [1.82, 2.24) is 4.98 Å². The Labute approximate surface area is 139 Å². The summed E-state index contributed by atoms with van der Waals surface area (Å²) in [7, 11) is -3.72. The maximum Gasteiger partial charge on any atom is 0.263 e. The van der Waals surface area contributed by atoms with Gasteiger partial charge in [0.2, 0.25) is 0 Å². The molecule has 0 saturated heterocycles. The molecule has 0 saturated carbocycles. The summed E-state index contributed by atoms with van der Waals surface area (Å²) in [6.45, 7) is 3.63. The van der Waals surface area contributed by atoms with E-state index in [-0.39, 0.29) is 17.4 Å². The van der Waals surface area contributed by atoms with E-state index < -0.39 is 10.0 Å². The first-order valence-corrected chi connectivity index (χ1v) is 9.40. The standard InChI is InChI=1S/C14H17ClN2O3S2/c1-9(7-18)6-11-8-21-14(16-11)17-22(19,20)13-5-3-4-12(15)10(13)2/h3-5,8-9,18H,6-7H2,1-2H3,(H,16,17). The first-order valence-electron chi connectivity index (χ1n) is 6.66. The molecule has 22 heavy (non-hydrogen) atoms. The normalized spacial score (nSPS) is 13.1. The molecule has 0 aliphatic rings. The molecule has 5 nitrogen and oxygen atoms in total. The minimum atomic E-state index is -3.72. The van der Waals surface area contributed by atoms with Crippen molar-refractivity contribution in [3.63, 3.8) is 0 Å². The van der Waals surface area contributed by atoms with Crippen LogP contribution >= 0.6 is 22.9 Å². The summed E-state index contributed by atoms with van der Waals surface area (Å²) in [6.07, 6.45) is 0.602. The van der Waals surface area contributed by atoms with Crippen LogP contribution in [0.25, 0.3) is 0 Å². The Bertz CT molecular complexity index is 759. The average Bonchev–Trinajstić information content (AvgIpc) is 2.87. The highest BCUT2D eigenvalue weighted by molar-refractivity contribution is 7.93. The molecule has 0 aliphatic carbocycles. The molecule has 8 heteroatoms. The summed E-state index contributed by atoms with van der Waals surface area (Å²) in [5.74, 6) is 0.0849. The van der Waals surface area contributed by atoms with Gasteiger partial charge in [0.15, 0.2) is 5.13 Å². The van der Waals surface area contributed by atoms with Crippen LogP contribution in [-0.4, -0.2) is 25.1 Å². The maximum atomic E-state index is 12.4. The summed E-state index contributed by atoms with van der Waals surface area (Å²) in [5, 5.41) is 11.5. The maximum absolute atomic E-state index is 12.4. The number of rotatable bonds is 6. The summed E-state index contributed by atoms with van der Waals surface area (Å²) < 4.78 is 27.3. The number of aliphatic hydroxyl groups is 1. The SMILES string of the molecule is Cc1c(Cl)cccc1S(=O)(=O)Nc1nc(CC(C)CO)cs1. The van der Waals surface area contributed by atoms with Gasteiger partial charge in [-0.25, -0.2) is 13.4 Å². The van der Waals surface area contributed by atoms with E-state index in [9.17, 15) is 8.42 Å². The smallest absolute Gasteiger partial charge is 0.263 e. The molecule has 120 valence electrons. The Morgan fingerprint density at radius 1 is 1.45 bits per heavy atom. The molecular weight excluding hydrogens is 344 g/mol. The second kappa shape index (κ2) is 6.95. The van der Waals surface area contributed by atoms with E-state index in [1.807, 2.05) is 6.92 Å².